The van der Waals surface area contributed by atoms with Gasteiger partial charge in [0.05, 0.1) is 21.3 Å². The summed E-state index contributed by atoms with van der Waals surface area (Å²) in [6.07, 6.45) is 0.372. The lowest BCUT2D eigenvalue weighted by Gasteiger charge is -2.34. The Bertz CT molecular complexity index is 617. The van der Waals surface area contributed by atoms with E-state index in [1.807, 2.05) is 4.90 Å². The Kier molecular flexibility index (Phi) is 7.08. The summed E-state index contributed by atoms with van der Waals surface area (Å²) in [4.78, 5) is 27.6. The van der Waals surface area contributed by atoms with Gasteiger partial charge in [0.25, 0.3) is 0 Å². The third kappa shape index (κ3) is 5.01. The van der Waals surface area contributed by atoms with E-state index >= 15 is 0 Å². The number of amides is 2. The summed E-state index contributed by atoms with van der Waals surface area (Å²) in [5.74, 6) is 1.47. The first-order valence-corrected chi connectivity index (χ1v) is 8.56. The van der Waals surface area contributed by atoms with E-state index in [0.717, 1.165) is 13.1 Å². The van der Waals surface area contributed by atoms with Crippen molar-refractivity contribution < 1.29 is 23.8 Å². The second kappa shape index (κ2) is 9.28. The van der Waals surface area contributed by atoms with Gasteiger partial charge in [0, 0.05) is 63.9 Å². The van der Waals surface area contributed by atoms with Crippen molar-refractivity contribution in [2.45, 2.75) is 13.3 Å². The van der Waals surface area contributed by atoms with E-state index in [0.29, 0.717) is 49.0 Å². The first kappa shape index (κ1) is 19.8. The summed E-state index contributed by atoms with van der Waals surface area (Å²) in [5.41, 5.74) is 0.589. The van der Waals surface area contributed by atoms with E-state index in [9.17, 15) is 9.59 Å². The molecule has 1 N–H and O–H groups in total. The highest BCUT2D eigenvalue weighted by Gasteiger charge is 2.19. The third-order valence-corrected chi connectivity index (χ3v) is 4.42. The van der Waals surface area contributed by atoms with Gasteiger partial charge in [0.15, 0.2) is 11.5 Å². The smallest absolute Gasteiger partial charge is 0.225 e. The van der Waals surface area contributed by atoms with Crippen molar-refractivity contribution in [2.24, 2.45) is 0 Å². The number of carbonyl (C=O) groups is 2. The summed E-state index contributed by atoms with van der Waals surface area (Å²) < 4.78 is 15.9. The Labute approximate surface area is 154 Å². The van der Waals surface area contributed by atoms with Gasteiger partial charge in [-0.1, -0.05) is 0 Å². The quantitative estimate of drug-likeness (QED) is 0.782. The highest BCUT2D eigenvalue weighted by molar-refractivity contribution is 5.91. The normalized spacial score (nSPS) is 14.7. The lowest BCUT2D eigenvalue weighted by atomic mass is 10.2. The van der Waals surface area contributed by atoms with Crippen LogP contribution in [0.25, 0.3) is 0 Å². The Balaban J connectivity index is 1.89. The van der Waals surface area contributed by atoms with Crippen LogP contribution < -0.4 is 19.5 Å². The second-order valence-corrected chi connectivity index (χ2v) is 6.06. The average molecular weight is 365 g/mol. The molecule has 144 valence electrons. The van der Waals surface area contributed by atoms with Crippen LogP contribution in [-0.4, -0.2) is 75.7 Å². The molecule has 2 amide bonds. The summed E-state index contributed by atoms with van der Waals surface area (Å²) in [6, 6.07) is 3.40. The largest absolute Gasteiger partial charge is 0.493 e. The topological polar surface area (TPSA) is 80.3 Å². The van der Waals surface area contributed by atoms with E-state index in [-0.39, 0.29) is 11.8 Å². The van der Waals surface area contributed by atoms with Crippen molar-refractivity contribution in [3.8, 4) is 17.2 Å². The van der Waals surface area contributed by atoms with Crippen molar-refractivity contribution in [2.75, 3.05) is 59.4 Å². The molecule has 0 atom stereocenters. The van der Waals surface area contributed by atoms with Crippen molar-refractivity contribution in [1.29, 1.82) is 0 Å². The van der Waals surface area contributed by atoms with Crippen LogP contribution in [0, 0.1) is 0 Å². The Morgan fingerprint density at radius 2 is 1.58 bits per heavy atom. The van der Waals surface area contributed by atoms with Crippen molar-refractivity contribution in [1.82, 2.24) is 9.80 Å². The van der Waals surface area contributed by atoms with Crippen LogP contribution >= 0.6 is 0 Å². The van der Waals surface area contributed by atoms with Gasteiger partial charge in [-0.25, -0.2) is 0 Å². The number of nitrogens with one attached hydrogen (secondary N) is 1. The van der Waals surface area contributed by atoms with Crippen LogP contribution in [0.4, 0.5) is 5.69 Å². The van der Waals surface area contributed by atoms with Gasteiger partial charge in [-0.05, 0) is 0 Å². The molecule has 0 bridgehead atoms. The molecule has 1 fully saturated rings. The molecule has 1 aliphatic heterocycles. The van der Waals surface area contributed by atoms with Crippen LogP contribution in [-0.2, 0) is 9.59 Å². The fourth-order valence-corrected chi connectivity index (χ4v) is 2.92. The SMILES string of the molecule is COc1cc(NC(=O)CCN2CCN(C(C)=O)CC2)cc(OC)c1OC. The molecule has 8 heteroatoms. The van der Waals surface area contributed by atoms with Crippen LogP contribution in [0.5, 0.6) is 17.2 Å². The zero-order chi connectivity index (χ0) is 19.1. The molecule has 0 radical (unpaired) electrons. The van der Waals surface area contributed by atoms with Gasteiger partial charge in [-0.2, -0.15) is 0 Å². The maximum atomic E-state index is 12.3. The number of methoxy groups -OCH3 is 3. The fourth-order valence-electron chi connectivity index (χ4n) is 2.92. The molecule has 0 saturated carbocycles. The van der Waals surface area contributed by atoms with Gasteiger partial charge in [-0.15, -0.1) is 0 Å². The molecular formula is C18H27N3O5. The van der Waals surface area contributed by atoms with Crippen LogP contribution in [0.15, 0.2) is 12.1 Å². The van der Waals surface area contributed by atoms with E-state index in [1.165, 1.54) is 21.3 Å². The third-order valence-electron chi connectivity index (χ3n) is 4.42. The maximum absolute atomic E-state index is 12.3. The van der Waals surface area contributed by atoms with Gasteiger partial charge in [0.2, 0.25) is 17.6 Å². The summed E-state index contributed by atoms with van der Waals surface area (Å²) in [6.45, 7) is 5.24. The van der Waals surface area contributed by atoms with E-state index in [4.69, 9.17) is 14.2 Å². The predicted octanol–water partition coefficient (Wildman–Crippen LogP) is 1.21. The minimum Gasteiger partial charge on any atom is -0.493 e. The molecule has 1 aromatic carbocycles. The molecule has 0 aliphatic carbocycles. The number of hydrogen-bond donors (Lipinski definition) is 1. The Morgan fingerprint density at radius 3 is 2.04 bits per heavy atom. The first-order chi connectivity index (χ1) is 12.5. The Hall–Kier alpha value is -2.48. The van der Waals surface area contributed by atoms with Gasteiger partial charge in [0.1, 0.15) is 0 Å². The molecule has 2 rings (SSSR count). The zero-order valence-corrected chi connectivity index (χ0v) is 15.8. The van der Waals surface area contributed by atoms with E-state index in [2.05, 4.69) is 10.2 Å². The Morgan fingerprint density at radius 1 is 1.00 bits per heavy atom. The summed E-state index contributed by atoms with van der Waals surface area (Å²) >= 11 is 0. The number of hydrogen-bond acceptors (Lipinski definition) is 6. The number of carbonyl (C=O) groups excluding carboxylic acids is 2. The lowest BCUT2D eigenvalue weighted by molar-refractivity contribution is -0.130. The van der Waals surface area contributed by atoms with Gasteiger partial charge >= 0.3 is 0 Å². The number of benzene rings is 1. The molecule has 1 saturated heterocycles. The standard InChI is InChI=1S/C18H27N3O5/c1-13(22)21-9-7-20(8-10-21)6-5-17(23)19-14-11-15(24-2)18(26-4)16(12-14)25-3/h11-12H,5-10H2,1-4H3,(H,19,23). The van der Waals surface area contributed by atoms with E-state index in [1.54, 1.807) is 19.1 Å². The summed E-state index contributed by atoms with van der Waals surface area (Å²) in [5, 5.41) is 2.86. The van der Waals surface area contributed by atoms with Gasteiger partial charge in [-0.3, -0.25) is 14.5 Å². The fraction of sp³-hybridized carbons (Fsp3) is 0.556. The molecule has 0 unspecified atom stereocenters. The molecule has 8 nitrogen and oxygen atoms in total. The monoisotopic (exact) mass is 365 g/mol. The zero-order valence-electron chi connectivity index (χ0n) is 15.8. The number of ether oxygens (including phenoxy) is 3. The van der Waals surface area contributed by atoms with Gasteiger partial charge < -0.3 is 24.4 Å². The number of rotatable bonds is 7. The summed E-state index contributed by atoms with van der Waals surface area (Å²) in [7, 11) is 4.59. The average Bonchev–Trinajstić information content (AvgIpc) is 2.65. The number of anilines is 1. The predicted molar refractivity (Wildman–Crippen MR) is 98.0 cm³/mol. The second-order valence-electron chi connectivity index (χ2n) is 6.06. The minimum atomic E-state index is -0.0896. The lowest BCUT2D eigenvalue weighted by Crippen LogP contribution is -2.48. The molecule has 1 aromatic rings. The molecule has 0 spiro atoms. The molecule has 1 aliphatic rings. The molecule has 1 heterocycles. The van der Waals surface area contributed by atoms with Crippen LogP contribution in [0.3, 0.4) is 0 Å². The van der Waals surface area contributed by atoms with Crippen molar-refractivity contribution >= 4 is 17.5 Å². The van der Waals surface area contributed by atoms with Crippen LogP contribution in [0.1, 0.15) is 13.3 Å². The highest BCUT2D eigenvalue weighted by atomic mass is 16.5. The highest BCUT2D eigenvalue weighted by Crippen LogP contribution is 2.39. The van der Waals surface area contributed by atoms with Crippen LogP contribution in [0.2, 0.25) is 0 Å². The molecule has 0 aromatic heterocycles. The first-order valence-electron chi connectivity index (χ1n) is 8.56. The molecule has 26 heavy (non-hydrogen) atoms. The van der Waals surface area contributed by atoms with Crippen molar-refractivity contribution in [3.63, 3.8) is 0 Å². The number of nitrogens with zero attached hydrogens (tertiary/aromatic N) is 2. The maximum Gasteiger partial charge on any atom is 0.225 e. The minimum absolute atomic E-state index is 0.0896. The van der Waals surface area contributed by atoms with E-state index < -0.39 is 0 Å². The molecular weight excluding hydrogens is 338 g/mol. The number of piperazine rings is 1. The van der Waals surface area contributed by atoms with Crippen molar-refractivity contribution in [3.05, 3.63) is 12.1 Å².